The van der Waals surface area contributed by atoms with Crippen molar-refractivity contribution in [2.24, 2.45) is 5.92 Å². The van der Waals surface area contributed by atoms with Crippen LogP contribution in [0.3, 0.4) is 0 Å². The van der Waals surface area contributed by atoms with E-state index in [4.69, 9.17) is 0 Å². The Labute approximate surface area is 139 Å². The van der Waals surface area contributed by atoms with Gasteiger partial charge in [-0.05, 0) is 37.8 Å². The number of anilines is 1. The van der Waals surface area contributed by atoms with Gasteiger partial charge >= 0.3 is 0 Å². The van der Waals surface area contributed by atoms with Crippen molar-refractivity contribution < 1.29 is 4.79 Å². The molecule has 4 rings (SSSR count). The summed E-state index contributed by atoms with van der Waals surface area (Å²) in [5.41, 5.74) is 0. The Morgan fingerprint density at radius 3 is 2.57 bits per heavy atom. The molecule has 2 aliphatic heterocycles. The minimum absolute atomic E-state index is 0.112. The molecule has 1 amide bonds. The third-order valence-corrected chi connectivity index (χ3v) is 5.69. The van der Waals surface area contributed by atoms with Gasteiger partial charge in [-0.25, -0.2) is 0 Å². The lowest BCUT2D eigenvalue weighted by Crippen LogP contribution is -2.44. The molecule has 2 aromatic heterocycles. The highest BCUT2D eigenvalue weighted by molar-refractivity contribution is 7.17. The summed E-state index contributed by atoms with van der Waals surface area (Å²) in [5.74, 6) is 0.447. The molecule has 2 saturated heterocycles. The van der Waals surface area contributed by atoms with Crippen molar-refractivity contribution >= 4 is 22.4 Å². The minimum atomic E-state index is 0.112. The Morgan fingerprint density at radius 2 is 1.78 bits per heavy atom. The SMILES string of the molecule is O=C(C1CCCN(c2nnc(-n3cccc3)s2)C1)N1CCCC1. The van der Waals surface area contributed by atoms with E-state index < -0.39 is 0 Å². The average molecular weight is 331 g/mol. The number of piperidine rings is 1. The number of carbonyl (C=O) groups is 1. The van der Waals surface area contributed by atoms with E-state index in [1.165, 1.54) is 0 Å². The van der Waals surface area contributed by atoms with Crippen molar-refractivity contribution in [3.05, 3.63) is 24.5 Å². The summed E-state index contributed by atoms with van der Waals surface area (Å²) in [6.07, 6.45) is 8.29. The first-order valence-electron chi connectivity index (χ1n) is 8.32. The summed E-state index contributed by atoms with van der Waals surface area (Å²) in [6.45, 7) is 3.61. The molecule has 122 valence electrons. The van der Waals surface area contributed by atoms with Crippen LogP contribution in [-0.4, -0.2) is 51.8 Å². The molecule has 2 aromatic rings. The molecule has 2 aliphatic rings. The van der Waals surface area contributed by atoms with Crippen molar-refractivity contribution in [2.45, 2.75) is 25.7 Å². The summed E-state index contributed by atoms with van der Waals surface area (Å²) >= 11 is 1.58. The summed E-state index contributed by atoms with van der Waals surface area (Å²) in [6, 6.07) is 3.96. The quantitative estimate of drug-likeness (QED) is 0.865. The first kappa shape index (κ1) is 14.7. The van der Waals surface area contributed by atoms with E-state index in [2.05, 4.69) is 15.1 Å². The molecule has 0 saturated carbocycles. The Kier molecular flexibility index (Phi) is 4.03. The molecule has 0 aliphatic carbocycles. The van der Waals surface area contributed by atoms with E-state index in [-0.39, 0.29) is 5.92 Å². The van der Waals surface area contributed by atoms with Crippen LogP contribution in [-0.2, 0) is 4.79 Å². The van der Waals surface area contributed by atoms with Crippen molar-refractivity contribution in [3.63, 3.8) is 0 Å². The molecule has 0 bridgehead atoms. The van der Waals surface area contributed by atoms with Gasteiger partial charge in [0.25, 0.3) is 0 Å². The molecule has 2 fully saturated rings. The first-order valence-corrected chi connectivity index (χ1v) is 9.13. The predicted molar refractivity (Wildman–Crippen MR) is 90.0 cm³/mol. The van der Waals surface area contributed by atoms with Gasteiger partial charge in [0.1, 0.15) is 0 Å². The highest BCUT2D eigenvalue weighted by Crippen LogP contribution is 2.29. The van der Waals surface area contributed by atoms with Crippen LogP contribution in [0.1, 0.15) is 25.7 Å². The zero-order valence-electron chi connectivity index (χ0n) is 13.1. The summed E-state index contributed by atoms with van der Waals surface area (Å²) in [5, 5.41) is 10.4. The Morgan fingerprint density at radius 1 is 1.04 bits per heavy atom. The van der Waals surface area contributed by atoms with Gasteiger partial charge in [-0.3, -0.25) is 9.36 Å². The van der Waals surface area contributed by atoms with Crippen LogP contribution in [0, 0.1) is 5.92 Å². The number of rotatable bonds is 3. The number of aromatic nitrogens is 3. The molecule has 4 heterocycles. The molecular weight excluding hydrogens is 310 g/mol. The lowest BCUT2D eigenvalue weighted by molar-refractivity contribution is -0.134. The normalized spacial score (nSPS) is 21.8. The van der Waals surface area contributed by atoms with E-state index in [9.17, 15) is 4.79 Å². The average Bonchev–Trinajstić information content (AvgIpc) is 3.36. The van der Waals surface area contributed by atoms with E-state index in [1.807, 2.05) is 34.0 Å². The van der Waals surface area contributed by atoms with Crippen molar-refractivity contribution in [1.82, 2.24) is 19.7 Å². The fraction of sp³-hybridized carbons (Fsp3) is 0.562. The topological polar surface area (TPSA) is 54.3 Å². The summed E-state index contributed by atoms with van der Waals surface area (Å²) < 4.78 is 1.97. The second-order valence-corrected chi connectivity index (χ2v) is 7.21. The van der Waals surface area contributed by atoms with Gasteiger partial charge in [0, 0.05) is 38.6 Å². The van der Waals surface area contributed by atoms with Crippen LogP contribution < -0.4 is 4.90 Å². The lowest BCUT2D eigenvalue weighted by Gasteiger charge is -2.33. The Balaban J connectivity index is 1.46. The fourth-order valence-corrected chi connectivity index (χ4v) is 4.30. The molecule has 7 heteroatoms. The monoisotopic (exact) mass is 331 g/mol. The van der Waals surface area contributed by atoms with Crippen molar-refractivity contribution in [1.29, 1.82) is 0 Å². The van der Waals surface area contributed by atoms with E-state index in [1.54, 1.807) is 11.3 Å². The fourth-order valence-electron chi connectivity index (χ4n) is 3.45. The van der Waals surface area contributed by atoms with Gasteiger partial charge in [-0.15, -0.1) is 10.2 Å². The maximum atomic E-state index is 12.6. The number of amides is 1. The van der Waals surface area contributed by atoms with Crippen LogP contribution in [0.5, 0.6) is 0 Å². The molecule has 0 aromatic carbocycles. The number of hydrogen-bond donors (Lipinski definition) is 0. The van der Waals surface area contributed by atoms with Gasteiger partial charge in [0.05, 0.1) is 5.92 Å². The molecule has 1 atom stereocenters. The third-order valence-electron chi connectivity index (χ3n) is 4.69. The maximum Gasteiger partial charge on any atom is 0.227 e. The number of likely N-dealkylation sites (tertiary alicyclic amines) is 1. The molecule has 23 heavy (non-hydrogen) atoms. The minimum Gasteiger partial charge on any atom is -0.346 e. The Hall–Kier alpha value is -1.89. The largest absolute Gasteiger partial charge is 0.346 e. The van der Waals surface area contributed by atoms with E-state index in [0.29, 0.717) is 5.91 Å². The number of nitrogens with zero attached hydrogens (tertiary/aromatic N) is 5. The smallest absolute Gasteiger partial charge is 0.227 e. The highest BCUT2D eigenvalue weighted by atomic mass is 32.1. The first-order chi connectivity index (χ1) is 11.3. The zero-order valence-corrected chi connectivity index (χ0v) is 13.9. The van der Waals surface area contributed by atoms with E-state index in [0.717, 1.165) is 62.1 Å². The Bertz CT molecular complexity index is 662. The van der Waals surface area contributed by atoms with Crippen LogP contribution in [0.4, 0.5) is 5.13 Å². The van der Waals surface area contributed by atoms with Gasteiger partial charge in [-0.1, -0.05) is 11.3 Å². The molecule has 6 nitrogen and oxygen atoms in total. The van der Waals surface area contributed by atoms with E-state index >= 15 is 0 Å². The predicted octanol–water partition coefficient (Wildman–Crippen LogP) is 2.17. The van der Waals surface area contributed by atoms with Crippen LogP contribution in [0.15, 0.2) is 24.5 Å². The summed E-state index contributed by atoms with van der Waals surface area (Å²) in [4.78, 5) is 16.9. The van der Waals surface area contributed by atoms with Crippen LogP contribution >= 0.6 is 11.3 Å². The van der Waals surface area contributed by atoms with Gasteiger partial charge in [0.2, 0.25) is 16.2 Å². The molecule has 0 spiro atoms. The summed E-state index contributed by atoms with van der Waals surface area (Å²) in [7, 11) is 0. The zero-order chi connectivity index (χ0) is 15.6. The number of carbonyl (C=O) groups excluding carboxylic acids is 1. The van der Waals surface area contributed by atoms with Crippen LogP contribution in [0.25, 0.3) is 5.13 Å². The third kappa shape index (κ3) is 2.97. The second-order valence-electron chi connectivity index (χ2n) is 6.28. The molecule has 0 radical (unpaired) electrons. The van der Waals surface area contributed by atoms with Crippen molar-refractivity contribution in [2.75, 3.05) is 31.1 Å². The van der Waals surface area contributed by atoms with Gasteiger partial charge < -0.3 is 9.80 Å². The standard InChI is InChI=1S/C16H21N5OS/c22-14(19-7-1-2-8-19)13-6-5-11-21(12-13)16-18-17-15(23-16)20-9-3-4-10-20/h3-4,9-10,13H,1-2,5-8,11-12H2. The van der Waals surface area contributed by atoms with Gasteiger partial charge in [-0.2, -0.15) is 0 Å². The van der Waals surface area contributed by atoms with Crippen LogP contribution in [0.2, 0.25) is 0 Å². The maximum absolute atomic E-state index is 12.6. The molecular formula is C16H21N5OS. The lowest BCUT2D eigenvalue weighted by atomic mass is 9.97. The molecule has 1 unspecified atom stereocenters. The number of hydrogen-bond acceptors (Lipinski definition) is 5. The van der Waals surface area contributed by atoms with Gasteiger partial charge in [0.15, 0.2) is 0 Å². The molecule has 0 N–H and O–H groups in total. The van der Waals surface area contributed by atoms with Crippen molar-refractivity contribution in [3.8, 4) is 5.13 Å². The highest BCUT2D eigenvalue weighted by Gasteiger charge is 2.31. The second kappa shape index (κ2) is 6.31.